The minimum absolute atomic E-state index is 0.309. The van der Waals surface area contributed by atoms with Crippen LogP contribution in [-0.2, 0) is 4.79 Å². The number of hydrogen-bond acceptors (Lipinski definition) is 3. The van der Waals surface area contributed by atoms with Gasteiger partial charge in [-0.05, 0) is 24.6 Å². The van der Waals surface area contributed by atoms with Crippen molar-refractivity contribution < 1.29 is 15.0 Å². The molecule has 1 unspecified atom stereocenters. The van der Waals surface area contributed by atoms with E-state index in [-0.39, 0.29) is 6.42 Å². The third kappa shape index (κ3) is 2.83. The number of carboxylic acids is 1. The van der Waals surface area contributed by atoms with Gasteiger partial charge >= 0.3 is 5.97 Å². The summed E-state index contributed by atoms with van der Waals surface area (Å²) in [5.41, 5.74) is 1.36. The van der Waals surface area contributed by atoms with E-state index in [1.54, 1.807) is 18.3 Å². The first-order valence-electron chi connectivity index (χ1n) is 3.92. The summed E-state index contributed by atoms with van der Waals surface area (Å²) < 4.78 is 0. The molecule has 0 amide bonds. The van der Waals surface area contributed by atoms with Crippen molar-refractivity contribution in [2.24, 2.45) is 0 Å². The first-order valence-corrected chi connectivity index (χ1v) is 3.92. The average molecular weight is 181 g/mol. The Hall–Kier alpha value is -1.42. The van der Waals surface area contributed by atoms with E-state index >= 15 is 0 Å². The van der Waals surface area contributed by atoms with Crippen molar-refractivity contribution in [2.75, 3.05) is 0 Å². The number of carbonyl (C=O) groups is 1. The molecule has 4 nitrogen and oxygen atoms in total. The Balaban J connectivity index is 2.76. The van der Waals surface area contributed by atoms with Crippen LogP contribution in [0.25, 0.3) is 0 Å². The number of pyridine rings is 1. The maximum atomic E-state index is 10.3. The first-order chi connectivity index (χ1) is 6.09. The van der Waals surface area contributed by atoms with Gasteiger partial charge in [0.1, 0.15) is 6.10 Å². The fourth-order valence-corrected chi connectivity index (χ4v) is 1.01. The Morgan fingerprint density at radius 3 is 2.92 bits per heavy atom. The van der Waals surface area contributed by atoms with Gasteiger partial charge in [-0.15, -0.1) is 0 Å². The van der Waals surface area contributed by atoms with Crippen molar-refractivity contribution in [3.63, 3.8) is 0 Å². The number of hydrogen-bond donors (Lipinski definition) is 2. The number of aryl methyl sites for hydroxylation is 1. The number of carboxylic acid groups (broad SMARTS) is 1. The number of rotatable bonds is 3. The van der Waals surface area contributed by atoms with Gasteiger partial charge in [0.2, 0.25) is 0 Å². The Morgan fingerprint density at radius 2 is 2.38 bits per heavy atom. The van der Waals surface area contributed by atoms with Crippen LogP contribution in [0.15, 0.2) is 18.3 Å². The third-order valence-corrected chi connectivity index (χ3v) is 1.65. The molecule has 1 heterocycles. The highest BCUT2D eigenvalue weighted by Crippen LogP contribution is 2.14. The first kappa shape index (κ1) is 9.67. The summed E-state index contributed by atoms with van der Waals surface area (Å²) in [6.07, 6.45) is 0.226. The van der Waals surface area contributed by atoms with E-state index in [0.29, 0.717) is 5.69 Å². The highest BCUT2D eigenvalue weighted by atomic mass is 16.4. The molecule has 1 rings (SSSR count). The van der Waals surface area contributed by atoms with Gasteiger partial charge in [0.25, 0.3) is 0 Å². The number of aliphatic hydroxyl groups excluding tert-OH is 1. The molecule has 1 aromatic rings. The lowest BCUT2D eigenvalue weighted by molar-refractivity contribution is -0.139. The number of aliphatic carboxylic acids is 1. The quantitative estimate of drug-likeness (QED) is 0.726. The van der Waals surface area contributed by atoms with Crippen molar-refractivity contribution >= 4 is 5.97 Å². The fraction of sp³-hybridized carbons (Fsp3) is 0.333. The number of nitrogens with zero attached hydrogens (tertiary/aromatic N) is 1. The summed E-state index contributed by atoms with van der Waals surface area (Å²) in [5, 5.41) is 17.8. The van der Waals surface area contributed by atoms with Crippen molar-refractivity contribution in [3.05, 3.63) is 29.6 Å². The highest BCUT2D eigenvalue weighted by Gasteiger charge is 2.12. The summed E-state index contributed by atoms with van der Waals surface area (Å²) >= 11 is 0. The van der Waals surface area contributed by atoms with Gasteiger partial charge in [-0.25, -0.2) is 0 Å². The standard InChI is InChI=1S/C9H11NO3/c1-6-2-3-10-7(4-6)8(11)5-9(12)13/h2-4,8,11H,5H2,1H3,(H,12,13). The van der Waals surface area contributed by atoms with E-state index in [0.717, 1.165) is 5.56 Å². The molecule has 0 saturated heterocycles. The summed E-state index contributed by atoms with van der Waals surface area (Å²) in [5.74, 6) is -1.03. The molecule has 4 heteroatoms. The van der Waals surface area contributed by atoms with Crippen LogP contribution >= 0.6 is 0 Å². The van der Waals surface area contributed by atoms with E-state index in [1.807, 2.05) is 6.92 Å². The number of aliphatic hydroxyl groups is 1. The topological polar surface area (TPSA) is 70.4 Å². The van der Waals surface area contributed by atoms with Crippen LogP contribution in [0, 0.1) is 6.92 Å². The largest absolute Gasteiger partial charge is 0.481 e. The second kappa shape index (κ2) is 4.00. The summed E-state index contributed by atoms with van der Waals surface area (Å²) in [4.78, 5) is 14.2. The predicted molar refractivity (Wildman–Crippen MR) is 46.2 cm³/mol. The lowest BCUT2D eigenvalue weighted by Crippen LogP contribution is -2.07. The lowest BCUT2D eigenvalue weighted by Gasteiger charge is -2.06. The smallest absolute Gasteiger partial charge is 0.306 e. The van der Waals surface area contributed by atoms with Crippen molar-refractivity contribution in [1.29, 1.82) is 0 Å². The third-order valence-electron chi connectivity index (χ3n) is 1.65. The molecule has 70 valence electrons. The van der Waals surface area contributed by atoms with E-state index < -0.39 is 12.1 Å². The maximum Gasteiger partial charge on any atom is 0.306 e. The van der Waals surface area contributed by atoms with E-state index in [1.165, 1.54) is 0 Å². The summed E-state index contributed by atoms with van der Waals surface area (Å²) in [7, 11) is 0. The molecule has 0 aliphatic heterocycles. The maximum absolute atomic E-state index is 10.3. The molecule has 13 heavy (non-hydrogen) atoms. The molecule has 1 atom stereocenters. The second-order valence-electron chi connectivity index (χ2n) is 2.87. The lowest BCUT2D eigenvalue weighted by atomic mass is 10.1. The van der Waals surface area contributed by atoms with Gasteiger partial charge in [0.15, 0.2) is 0 Å². The van der Waals surface area contributed by atoms with Crippen LogP contribution in [0.5, 0.6) is 0 Å². The molecule has 0 fully saturated rings. The van der Waals surface area contributed by atoms with Crippen LogP contribution in [0.2, 0.25) is 0 Å². The van der Waals surface area contributed by atoms with Gasteiger partial charge in [-0.1, -0.05) is 0 Å². The highest BCUT2D eigenvalue weighted by molar-refractivity contribution is 5.67. The molecule has 0 saturated carbocycles. The Kier molecular flexibility index (Phi) is 2.97. The summed E-state index contributed by atoms with van der Waals surface area (Å²) in [6, 6.07) is 3.46. The average Bonchev–Trinajstić information content (AvgIpc) is 2.03. The monoisotopic (exact) mass is 181 g/mol. The second-order valence-corrected chi connectivity index (χ2v) is 2.87. The molecule has 0 aliphatic carbocycles. The predicted octanol–water partition coefficient (Wildman–Crippen LogP) is 0.898. The zero-order valence-corrected chi connectivity index (χ0v) is 7.27. The van der Waals surface area contributed by atoms with Crippen LogP contribution in [0.3, 0.4) is 0 Å². The van der Waals surface area contributed by atoms with E-state index in [9.17, 15) is 9.90 Å². The van der Waals surface area contributed by atoms with Crippen LogP contribution in [0.4, 0.5) is 0 Å². The molecule has 0 aliphatic rings. The SMILES string of the molecule is Cc1ccnc(C(O)CC(=O)O)c1. The van der Waals surface area contributed by atoms with Gasteiger partial charge in [0, 0.05) is 6.20 Å². The molecule has 0 radical (unpaired) electrons. The van der Waals surface area contributed by atoms with Gasteiger partial charge in [-0.3, -0.25) is 9.78 Å². The molecule has 1 aromatic heterocycles. The Bertz CT molecular complexity index is 311. The molecular formula is C9H11NO3. The van der Waals surface area contributed by atoms with Crippen molar-refractivity contribution in [2.45, 2.75) is 19.4 Å². The van der Waals surface area contributed by atoms with Crippen LogP contribution < -0.4 is 0 Å². The van der Waals surface area contributed by atoms with Gasteiger partial charge in [-0.2, -0.15) is 0 Å². The van der Waals surface area contributed by atoms with Crippen molar-refractivity contribution in [1.82, 2.24) is 4.98 Å². The minimum atomic E-state index is -1.03. The molecule has 0 bridgehead atoms. The Labute approximate surface area is 75.9 Å². The number of aromatic nitrogens is 1. The van der Waals surface area contributed by atoms with Crippen LogP contribution in [0.1, 0.15) is 23.8 Å². The molecular weight excluding hydrogens is 170 g/mol. The Morgan fingerprint density at radius 1 is 1.69 bits per heavy atom. The zero-order valence-electron chi connectivity index (χ0n) is 7.27. The zero-order chi connectivity index (χ0) is 9.84. The molecule has 0 spiro atoms. The van der Waals surface area contributed by atoms with Gasteiger partial charge < -0.3 is 10.2 Å². The summed E-state index contributed by atoms with van der Waals surface area (Å²) in [6.45, 7) is 1.86. The van der Waals surface area contributed by atoms with E-state index in [4.69, 9.17) is 5.11 Å². The molecule has 0 aromatic carbocycles. The molecule has 2 N–H and O–H groups in total. The fourth-order valence-electron chi connectivity index (χ4n) is 1.01. The van der Waals surface area contributed by atoms with Crippen molar-refractivity contribution in [3.8, 4) is 0 Å². The minimum Gasteiger partial charge on any atom is -0.481 e. The van der Waals surface area contributed by atoms with Gasteiger partial charge in [0.05, 0.1) is 12.1 Å². The van der Waals surface area contributed by atoms with E-state index in [2.05, 4.69) is 4.98 Å². The normalized spacial score (nSPS) is 12.5. The van der Waals surface area contributed by atoms with Crippen LogP contribution in [-0.4, -0.2) is 21.2 Å².